The summed E-state index contributed by atoms with van der Waals surface area (Å²) >= 11 is 3.48. The number of halogens is 1. The third kappa shape index (κ3) is 2.62. The molecule has 0 radical (unpaired) electrons. The number of aromatic nitrogens is 1. The Labute approximate surface area is 127 Å². The number of nitrogens with zero attached hydrogens (tertiary/aromatic N) is 1. The van der Waals surface area contributed by atoms with Gasteiger partial charge in [-0.05, 0) is 25.0 Å². The van der Waals surface area contributed by atoms with Crippen LogP contribution in [0.3, 0.4) is 0 Å². The summed E-state index contributed by atoms with van der Waals surface area (Å²) in [6, 6.07) is 6.39. The van der Waals surface area contributed by atoms with Gasteiger partial charge in [-0.2, -0.15) is 0 Å². The van der Waals surface area contributed by atoms with Gasteiger partial charge in [-0.15, -0.1) is 0 Å². The highest BCUT2D eigenvalue weighted by molar-refractivity contribution is 9.10. The minimum absolute atomic E-state index is 0.0600. The van der Waals surface area contributed by atoms with E-state index in [0.717, 1.165) is 33.8 Å². The molecule has 3 nitrogen and oxygen atoms in total. The van der Waals surface area contributed by atoms with E-state index in [2.05, 4.69) is 21.2 Å². The summed E-state index contributed by atoms with van der Waals surface area (Å²) in [5.74, 6) is 0.0600. The van der Waals surface area contributed by atoms with Gasteiger partial charge < -0.3 is 9.88 Å². The summed E-state index contributed by atoms with van der Waals surface area (Å²) in [6.07, 6.45) is 7.91. The fraction of sp³-hybridized carbons (Fsp3) is 0.438. The number of carbonyl (C=O) groups is 1. The third-order valence-electron chi connectivity index (χ3n) is 4.14. The van der Waals surface area contributed by atoms with Gasteiger partial charge in [0.2, 0.25) is 0 Å². The van der Waals surface area contributed by atoms with Gasteiger partial charge in [0.15, 0.2) is 0 Å². The predicted molar refractivity (Wildman–Crippen MR) is 85.0 cm³/mol. The Hall–Kier alpha value is -1.29. The molecule has 1 heterocycles. The van der Waals surface area contributed by atoms with Gasteiger partial charge in [0, 0.05) is 34.7 Å². The Bertz CT molecular complexity index is 641. The Kier molecular flexibility index (Phi) is 3.83. The maximum absolute atomic E-state index is 12.5. The van der Waals surface area contributed by atoms with E-state index < -0.39 is 0 Å². The van der Waals surface area contributed by atoms with Crippen LogP contribution in [0, 0.1) is 0 Å². The number of hydrogen-bond acceptors (Lipinski definition) is 1. The Morgan fingerprint density at radius 2 is 2.05 bits per heavy atom. The number of aryl methyl sites for hydroxylation is 1. The first kappa shape index (κ1) is 13.7. The molecule has 1 amide bonds. The minimum atomic E-state index is 0.0600. The topological polar surface area (TPSA) is 34.0 Å². The number of amides is 1. The van der Waals surface area contributed by atoms with Crippen molar-refractivity contribution in [2.75, 3.05) is 0 Å². The second-order valence-corrected chi connectivity index (χ2v) is 6.54. The van der Waals surface area contributed by atoms with E-state index in [0.29, 0.717) is 6.04 Å². The van der Waals surface area contributed by atoms with E-state index in [4.69, 9.17) is 0 Å². The van der Waals surface area contributed by atoms with Crippen LogP contribution >= 0.6 is 15.9 Å². The van der Waals surface area contributed by atoms with E-state index in [1.807, 2.05) is 36.0 Å². The average molecular weight is 335 g/mol. The van der Waals surface area contributed by atoms with Crippen molar-refractivity contribution in [1.29, 1.82) is 0 Å². The Morgan fingerprint density at radius 3 is 2.80 bits per heavy atom. The van der Waals surface area contributed by atoms with Crippen LogP contribution in [-0.2, 0) is 7.05 Å². The van der Waals surface area contributed by atoms with Crippen molar-refractivity contribution in [2.45, 2.75) is 38.1 Å². The Balaban J connectivity index is 1.87. The lowest BCUT2D eigenvalue weighted by atomic mass is 9.95. The molecular weight excluding hydrogens is 316 g/mol. The van der Waals surface area contributed by atoms with Crippen molar-refractivity contribution >= 4 is 32.7 Å². The summed E-state index contributed by atoms with van der Waals surface area (Å²) in [4.78, 5) is 12.5. The van der Waals surface area contributed by atoms with E-state index in [-0.39, 0.29) is 5.91 Å². The SMILES string of the molecule is Cn1cc(C(=O)NC2CCCCC2)c2ccc(Br)cc21. The van der Waals surface area contributed by atoms with Crippen LogP contribution in [0.4, 0.5) is 0 Å². The van der Waals surface area contributed by atoms with Crippen LogP contribution in [0.15, 0.2) is 28.9 Å². The van der Waals surface area contributed by atoms with Crippen LogP contribution in [0.25, 0.3) is 10.9 Å². The number of rotatable bonds is 2. The smallest absolute Gasteiger partial charge is 0.253 e. The normalized spacial score (nSPS) is 16.5. The van der Waals surface area contributed by atoms with Crippen LogP contribution in [0.1, 0.15) is 42.5 Å². The van der Waals surface area contributed by atoms with Crippen molar-refractivity contribution in [3.8, 4) is 0 Å². The maximum Gasteiger partial charge on any atom is 0.253 e. The highest BCUT2D eigenvalue weighted by Gasteiger charge is 2.19. The molecule has 1 aliphatic rings. The monoisotopic (exact) mass is 334 g/mol. The zero-order valence-corrected chi connectivity index (χ0v) is 13.2. The number of benzene rings is 1. The number of carbonyl (C=O) groups excluding carboxylic acids is 1. The molecule has 1 fully saturated rings. The van der Waals surface area contributed by atoms with Crippen LogP contribution < -0.4 is 5.32 Å². The van der Waals surface area contributed by atoms with Crippen molar-refractivity contribution in [3.05, 3.63) is 34.4 Å². The van der Waals surface area contributed by atoms with Gasteiger partial charge in [-0.3, -0.25) is 4.79 Å². The molecule has 1 aromatic carbocycles. The second kappa shape index (κ2) is 5.60. The standard InChI is InChI=1S/C16H19BrN2O/c1-19-10-14(13-8-7-11(17)9-15(13)19)16(20)18-12-5-3-2-4-6-12/h7-10,12H,2-6H2,1H3,(H,18,20). The molecule has 1 aliphatic carbocycles. The van der Waals surface area contributed by atoms with Gasteiger partial charge in [-0.1, -0.05) is 41.3 Å². The first-order chi connectivity index (χ1) is 9.65. The highest BCUT2D eigenvalue weighted by atomic mass is 79.9. The minimum Gasteiger partial charge on any atom is -0.350 e. The second-order valence-electron chi connectivity index (χ2n) is 5.62. The lowest BCUT2D eigenvalue weighted by Crippen LogP contribution is -2.36. The molecule has 1 N–H and O–H groups in total. The molecule has 0 atom stereocenters. The molecule has 1 saturated carbocycles. The van der Waals surface area contributed by atoms with Gasteiger partial charge >= 0.3 is 0 Å². The van der Waals surface area contributed by atoms with Crippen LogP contribution in [-0.4, -0.2) is 16.5 Å². The Morgan fingerprint density at radius 1 is 1.30 bits per heavy atom. The third-order valence-corrected chi connectivity index (χ3v) is 4.63. The molecular formula is C16H19BrN2O. The quantitative estimate of drug-likeness (QED) is 0.884. The molecule has 0 spiro atoms. The molecule has 2 aromatic rings. The van der Waals surface area contributed by atoms with E-state index >= 15 is 0 Å². The van der Waals surface area contributed by atoms with E-state index in [1.165, 1.54) is 19.3 Å². The number of fused-ring (bicyclic) bond motifs is 1. The molecule has 106 valence electrons. The van der Waals surface area contributed by atoms with Gasteiger partial charge in [0.25, 0.3) is 5.91 Å². The summed E-state index contributed by atoms with van der Waals surface area (Å²) in [5.41, 5.74) is 1.86. The predicted octanol–water partition coefficient (Wildman–Crippen LogP) is 4.00. The van der Waals surface area contributed by atoms with Crippen LogP contribution in [0.5, 0.6) is 0 Å². The van der Waals surface area contributed by atoms with Crippen molar-refractivity contribution in [1.82, 2.24) is 9.88 Å². The molecule has 20 heavy (non-hydrogen) atoms. The first-order valence-electron chi connectivity index (χ1n) is 7.20. The highest BCUT2D eigenvalue weighted by Crippen LogP contribution is 2.25. The zero-order chi connectivity index (χ0) is 14.1. The summed E-state index contributed by atoms with van der Waals surface area (Å²) < 4.78 is 3.04. The van der Waals surface area contributed by atoms with Crippen molar-refractivity contribution in [3.63, 3.8) is 0 Å². The van der Waals surface area contributed by atoms with E-state index in [9.17, 15) is 4.79 Å². The lowest BCUT2D eigenvalue weighted by Gasteiger charge is -2.22. The largest absolute Gasteiger partial charge is 0.350 e. The molecule has 0 bridgehead atoms. The molecule has 3 rings (SSSR count). The average Bonchev–Trinajstić information content (AvgIpc) is 2.77. The summed E-state index contributed by atoms with van der Waals surface area (Å²) in [5, 5.41) is 4.21. The maximum atomic E-state index is 12.5. The molecule has 1 aromatic heterocycles. The first-order valence-corrected chi connectivity index (χ1v) is 8.00. The van der Waals surface area contributed by atoms with Crippen molar-refractivity contribution < 1.29 is 4.79 Å². The molecule has 0 aliphatic heterocycles. The zero-order valence-electron chi connectivity index (χ0n) is 11.7. The van der Waals surface area contributed by atoms with Crippen LogP contribution in [0.2, 0.25) is 0 Å². The fourth-order valence-electron chi connectivity index (χ4n) is 3.05. The lowest BCUT2D eigenvalue weighted by molar-refractivity contribution is 0.0929. The number of nitrogens with one attached hydrogen (secondary N) is 1. The molecule has 0 saturated heterocycles. The summed E-state index contributed by atoms with van der Waals surface area (Å²) in [6.45, 7) is 0. The molecule has 0 unspecified atom stereocenters. The van der Waals surface area contributed by atoms with Gasteiger partial charge in [0.1, 0.15) is 0 Å². The van der Waals surface area contributed by atoms with Crippen molar-refractivity contribution in [2.24, 2.45) is 7.05 Å². The number of hydrogen-bond donors (Lipinski definition) is 1. The summed E-state index contributed by atoms with van der Waals surface area (Å²) in [7, 11) is 1.98. The van der Waals surface area contributed by atoms with Gasteiger partial charge in [-0.25, -0.2) is 0 Å². The van der Waals surface area contributed by atoms with E-state index in [1.54, 1.807) is 0 Å². The van der Waals surface area contributed by atoms with Gasteiger partial charge in [0.05, 0.1) is 5.56 Å². The fourth-order valence-corrected chi connectivity index (χ4v) is 3.40. The molecule has 4 heteroatoms.